The second kappa shape index (κ2) is 7.31. The Kier molecular flexibility index (Phi) is 6.39. The van der Waals surface area contributed by atoms with E-state index in [4.69, 9.17) is 4.74 Å². The van der Waals surface area contributed by atoms with Crippen LogP contribution in [0.1, 0.15) is 26.3 Å². The fourth-order valence-electron chi connectivity index (χ4n) is 1.37. The lowest BCUT2D eigenvalue weighted by atomic mass is 10.2. The van der Waals surface area contributed by atoms with Crippen LogP contribution in [0.3, 0.4) is 0 Å². The van der Waals surface area contributed by atoms with Crippen LogP contribution in [0.5, 0.6) is 5.75 Å². The topological polar surface area (TPSA) is 21.3 Å². The van der Waals surface area contributed by atoms with E-state index >= 15 is 0 Å². The minimum atomic E-state index is 0.474. The van der Waals surface area contributed by atoms with Crippen molar-refractivity contribution < 1.29 is 4.74 Å². The predicted octanol–water partition coefficient (Wildman–Crippen LogP) is 4.66. The third-order valence-corrected chi connectivity index (χ3v) is 3.41. The van der Waals surface area contributed by atoms with Gasteiger partial charge < -0.3 is 10.1 Å². The van der Waals surface area contributed by atoms with Crippen LogP contribution in [0, 0.1) is 0 Å². The van der Waals surface area contributed by atoms with Gasteiger partial charge in [-0.3, -0.25) is 0 Å². The number of ether oxygens (including phenoxy) is 1. The Labute approximate surface area is 126 Å². The van der Waals surface area contributed by atoms with Crippen molar-refractivity contribution in [3.8, 4) is 5.75 Å². The van der Waals surface area contributed by atoms with Gasteiger partial charge in [0.1, 0.15) is 12.4 Å². The summed E-state index contributed by atoms with van der Waals surface area (Å²) in [6.07, 6.45) is 0. The first kappa shape index (κ1) is 15.7. The molecule has 1 N–H and O–H groups in total. The van der Waals surface area contributed by atoms with E-state index in [1.165, 1.54) is 5.56 Å². The average molecular weight is 377 g/mol. The molecule has 0 spiro atoms. The van der Waals surface area contributed by atoms with Gasteiger partial charge in [-0.2, -0.15) is 0 Å². The minimum absolute atomic E-state index is 0.474. The molecule has 1 aromatic rings. The Hall–Kier alpha value is -0.320. The van der Waals surface area contributed by atoms with Gasteiger partial charge in [0.15, 0.2) is 0 Å². The highest BCUT2D eigenvalue weighted by atomic mass is 79.9. The molecule has 0 radical (unpaired) electrons. The van der Waals surface area contributed by atoms with Crippen LogP contribution in [0.25, 0.3) is 0 Å². The molecular weight excluding hydrogens is 358 g/mol. The molecule has 0 aliphatic carbocycles. The third-order valence-electron chi connectivity index (χ3n) is 2.24. The lowest BCUT2D eigenvalue weighted by molar-refractivity contribution is 0.348. The highest BCUT2D eigenvalue weighted by Crippen LogP contribution is 2.35. The zero-order chi connectivity index (χ0) is 13.7. The molecule has 0 aliphatic rings. The summed E-state index contributed by atoms with van der Waals surface area (Å²) in [5.74, 6) is 0.825. The summed E-state index contributed by atoms with van der Waals surface area (Å²) in [5, 5.41) is 3.39. The summed E-state index contributed by atoms with van der Waals surface area (Å²) < 4.78 is 7.61. The van der Waals surface area contributed by atoms with Crippen LogP contribution in [0.15, 0.2) is 33.2 Å². The zero-order valence-electron chi connectivity index (χ0n) is 11.0. The maximum atomic E-state index is 5.70. The number of benzene rings is 1. The lowest BCUT2D eigenvalue weighted by Crippen LogP contribution is -2.21. The maximum absolute atomic E-state index is 5.70. The van der Waals surface area contributed by atoms with Gasteiger partial charge in [-0.05, 0) is 62.1 Å². The quantitative estimate of drug-likeness (QED) is 0.728. The summed E-state index contributed by atoms with van der Waals surface area (Å²) in [6, 6.07) is 4.63. The van der Waals surface area contributed by atoms with E-state index in [0.29, 0.717) is 12.6 Å². The lowest BCUT2D eigenvalue weighted by Gasteiger charge is -2.13. The Morgan fingerprint density at radius 3 is 2.33 bits per heavy atom. The van der Waals surface area contributed by atoms with Crippen LogP contribution in [-0.2, 0) is 6.54 Å². The molecule has 1 rings (SSSR count). The van der Waals surface area contributed by atoms with Crippen molar-refractivity contribution in [1.29, 1.82) is 0 Å². The van der Waals surface area contributed by atoms with Crippen LogP contribution in [-0.4, -0.2) is 12.6 Å². The van der Waals surface area contributed by atoms with E-state index < -0.39 is 0 Å². The summed E-state index contributed by atoms with van der Waals surface area (Å²) in [7, 11) is 0. The highest BCUT2D eigenvalue weighted by Gasteiger charge is 2.09. The fourth-order valence-corrected chi connectivity index (χ4v) is 2.88. The standard InChI is InChI=1S/C14H19Br2NO/c1-9(2)8-18-14-12(15)5-11(6-13(14)16)7-17-10(3)4/h5-6,10,17H,1,7-8H2,2-4H3. The Bertz CT molecular complexity index is 407. The van der Waals surface area contributed by atoms with Crippen LogP contribution in [0.2, 0.25) is 0 Å². The third kappa shape index (κ3) is 5.12. The van der Waals surface area contributed by atoms with Gasteiger partial charge >= 0.3 is 0 Å². The first-order valence-electron chi connectivity index (χ1n) is 5.88. The van der Waals surface area contributed by atoms with Gasteiger partial charge in [0.05, 0.1) is 8.95 Å². The van der Waals surface area contributed by atoms with E-state index in [1.54, 1.807) is 0 Å². The number of halogens is 2. The van der Waals surface area contributed by atoms with Crippen molar-refractivity contribution in [3.05, 3.63) is 38.8 Å². The van der Waals surface area contributed by atoms with Crippen molar-refractivity contribution in [2.75, 3.05) is 6.61 Å². The van der Waals surface area contributed by atoms with Crippen LogP contribution < -0.4 is 10.1 Å². The molecule has 0 saturated heterocycles. The van der Waals surface area contributed by atoms with E-state index in [0.717, 1.165) is 26.8 Å². The van der Waals surface area contributed by atoms with Crippen molar-refractivity contribution in [2.24, 2.45) is 0 Å². The normalized spacial score (nSPS) is 10.8. The number of nitrogens with one attached hydrogen (secondary N) is 1. The van der Waals surface area contributed by atoms with Gasteiger partial charge in [0, 0.05) is 12.6 Å². The molecule has 1 aromatic carbocycles. The molecule has 0 saturated carbocycles. The van der Waals surface area contributed by atoms with Crippen molar-refractivity contribution in [3.63, 3.8) is 0 Å². The first-order valence-corrected chi connectivity index (χ1v) is 7.47. The number of hydrogen-bond donors (Lipinski definition) is 1. The summed E-state index contributed by atoms with van der Waals surface area (Å²) in [4.78, 5) is 0. The number of hydrogen-bond acceptors (Lipinski definition) is 2. The highest BCUT2D eigenvalue weighted by molar-refractivity contribution is 9.11. The van der Waals surface area contributed by atoms with E-state index in [2.05, 4.69) is 69.7 Å². The average Bonchev–Trinajstić information content (AvgIpc) is 2.24. The SMILES string of the molecule is C=C(C)COc1c(Br)cc(CNC(C)C)cc1Br. The molecule has 0 amide bonds. The maximum Gasteiger partial charge on any atom is 0.148 e. The Morgan fingerprint density at radius 1 is 1.33 bits per heavy atom. The molecular formula is C14H19Br2NO. The van der Waals surface area contributed by atoms with Crippen LogP contribution >= 0.6 is 31.9 Å². The first-order chi connectivity index (χ1) is 8.40. The van der Waals surface area contributed by atoms with Crippen LogP contribution in [0.4, 0.5) is 0 Å². The molecule has 0 aliphatic heterocycles. The fraction of sp³-hybridized carbons (Fsp3) is 0.429. The molecule has 0 bridgehead atoms. The van der Waals surface area contributed by atoms with E-state index in [-0.39, 0.29) is 0 Å². The molecule has 18 heavy (non-hydrogen) atoms. The smallest absolute Gasteiger partial charge is 0.148 e. The molecule has 4 heteroatoms. The van der Waals surface area contributed by atoms with Crippen molar-refractivity contribution >= 4 is 31.9 Å². The second-order valence-corrected chi connectivity index (χ2v) is 6.38. The Morgan fingerprint density at radius 2 is 1.89 bits per heavy atom. The van der Waals surface area contributed by atoms with Gasteiger partial charge in [-0.15, -0.1) is 0 Å². The summed E-state index contributed by atoms with van der Waals surface area (Å²) >= 11 is 7.09. The van der Waals surface area contributed by atoms with E-state index in [1.807, 2.05) is 6.92 Å². The second-order valence-electron chi connectivity index (χ2n) is 4.67. The van der Waals surface area contributed by atoms with Crippen molar-refractivity contribution in [2.45, 2.75) is 33.4 Å². The minimum Gasteiger partial charge on any atom is -0.487 e. The summed E-state index contributed by atoms with van der Waals surface area (Å²) in [5.41, 5.74) is 2.21. The molecule has 0 fully saturated rings. The van der Waals surface area contributed by atoms with Gasteiger partial charge in [0.2, 0.25) is 0 Å². The van der Waals surface area contributed by atoms with Crippen molar-refractivity contribution in [1.82, 2.24) is 5.32 Å². The van der Waals surface area contributed by atoms with Gasteiger partial charge in [-0.25, -0.2) is 0 Å². The molecule has 2 nitrogen and oxygen atoms in total. The molecule has 0 atom stereocenters. The zero-order valence-corrected chi connectivity index (χ0v) is 14.2. The largest absolute Gasteiger partial charge is 0.487 e. The van der Waals surface area contributed by atoms with E-state index in [9.17, 15) is 0 Å². The summed E-state index contributed by atoms with van der Waals surface area (Å²) in [6.45, 7) is 11.4. The molecule has 0 heterocycles. The monoisotopic (exact) mass is 375 g/mol. The predicted molar refractivity (Wildman–Crippen MR) is 84.1 cm³/mol. The molecule has 0 unspecified atom stereocenters. The van der Waals surface area contributed by atoms with Gasteiger partial charge in [0.25, 0.3) is 0 Å². The molecule has 0 aromatic heterocycles. The number of rotatable bonds is 6. The Balaban J connectivity index is 2.80. The van der Waals surface area contributed by atoms with Gasteiger partial charge in [-0.1, -0.05) is 20.4 Å². The molecule has 100 valence electrons.